The number of carbonyl (C=O) groups is 1. The Bertz CT molecular complexity index is 255. The van der Waals surface area contributed by atoms with Crippen LogP contribution >= 0.6 is 0 Å². The lowest BCUT2D eigenvalue weighted by atomic mass is 10.2. The second-order valence-corrected chi connectivity index (χ2v) is 5.39. The zero-order valence-electron chi connectivity index (χ0n) is 7.99. The molecule has 0 radical (unpaired) electrons. The van der Waals surface area contributed by atoms with Crippen LogP contribution in [0.3, 0.4) is 0 Å². The first-order valence-corrected chi connectivity index (χ1v) is 6.11. The third-order valence-electron chi connectivity index (χ3n) is 1.93. The smallest absolute Gasteiger partial charge is 0.321 e. The Labute approximate surface area is 78.9 Å². The van der Waals surface area contributed by atoms with Gasteiger partial charge >= 0.3 is 5.97 Å². The van der Waals surface area contributed by atoms with Gasteiger partial charge in [-0.05, 0) is 6.42 Å². The molecule has 1 atom stereocenters. The van der Waals surface area contributed by atoms with Crippen LogP contribution in [0.4, 0.5) is 0 Å². The summed E-state index contributed by atoms with van der Waals surface area (Å²) in [4.78, 5) is 10.6. The van der Waals surface area contributed by atoms with E-state index in [-0.39, 0.29) is 12.2 Å². The highest BCUT2D eigenvalue weighted by Gasteiger charge is 2.29. The molecular formula is C8H16O4S. The molecule has 0 bridgehead atoms. The van der Waals surface area contributed by atoms with Crippen molar-refractivity contribution >= 4 is 15.8 Å². The van der Waals surface area contributed by atoms with Gasteiger partial charge in [0.15, 0.2) is 15.1 Å². The van der Waals surface area contributed by atoms with Crippen LogP contribution in [-0.2, 0) is 14.6 Å². The van der Waals surface area contributed by atoms with Crippen molar-refractivity contribution in [2.24, 2.45) is 0 Å². The highest BCUT2D eigenvalue weighted by Crippen LogP contribution is 2.11. The first-order valence-electron chi connectivity index (χ1n) is 4.40. The average molecular weight is 208 g/mol. The van der Waals surface area contributed by atoms with E-state index in [1.165, 1.54) is 6.92 Å². The fraction of sp³-hybridized carbons (Fsp3) is 0.875. The maximum absolute atomic E-state index is 11.3. The number of unbranched alkanes of at least 4 members (excludes halogenated alkanes) is 1. The number of carboxylic acids is 1. The molecule has 4 nitrogen and oxygen atoms in total. The first kappa shape index (κ1) is 12.4. The second kappa shape index (κ2) is 5.21. The van der Waals surface area contributed by atoms with Crippen LogP contribution in [-0.4, -0.2) is 30.5 Å². The van der Waals surface area contributed by atoms with E-state index in [2.05, 4.69) is 0 Å². The summed E-state index contributed by atoms with van der Waals surface area (Å²) in [6.07, 6.45) is 1.67. The number of aliphatic carboxylic acids is 1. The zero-order valence-corrected chi connectivity index (χ0v) is 8.80. The van der Waals surface area contributed by atoms with Crippen molar-refractivity contribution in [3.63, 3.8) is 0 Å². The van der Waals surface area contributed by atoms with Crippen LogP contribution in [0.5, 0.6) is 0 Å². The number of hydrogen-bond donors (Lipinski definition) is 1. The SMILES string of the molecule is CCCCC(C(=O)O)S(=O)(=O)CC. The summed E-state index contributed by atoms with van der Waals surface area (Å²) in [5.41, 5.74) is 0. The van der Waals surface area contributed by atoms with E-state index in [0.29, 0.717) is 6.42 Å². The van der Waals surface area contributed by atoms with Crippen molar-refractivity contribution in [2.45, 2.75) is 38.4 Å². The van der Waals surface area contributed by atoms with Gasteiger partial charge in [-0.15, -0.1) is 0 Å². The third-order valence-corrected chi connectivity index (χ3v) is 4.04. The molecule has 0 fully saturated rings. The molecule has 0 aliphatic carbocycles. The van der Waals surface area contributed by atoms with E-state index in [1.54, 1.807) is 0 Å². The van der Waals surface area contributed by atoms with E-state index < -0.39 is 21.1 Å². The zero-order chi connectivity index (χ0) is 10.5. The summed E-state index contributed by atoms with van der Waals surface area (Å²) in [5, 5.41) is 7.48. The van der Waals surface area contributed by atoms with Crippen LogP contribution in [0.25, 0.3) is 0 Å². The van der Waals surface area contributed by atoms with Gasteiger partial charge in [0.2, 0.25) is 0 Å². The molecule has 0 spiro atoms. The van der Waals surface area contributed by atoms with E-state index in [0.717, 1.165) is 6.42 Å². The molecule has 0 aromatic rings. The molecule has 0 aromatic carbocycles. The van der Waals surface area contributed by atoms with E-state index in [1.807, 2.05) is 6.92 Å². The van der Waals surface area contributed by atoms with Crippen LogP contribution < -0.4 is 0 Å². The molecular weight excluding hydrogens is 192 g/mol. The lowest BCUT2D eigenvalue weighted by molar-refractivity contribution is -0.136. The summed E-state index contributed by atoms with van der Waals surface area (Å²) < 4.78 is 22.5. The Morgan fingerprint density at radius 2 is 1.92 bits per heavy atom. The molecule has 0 saturated heterocycles. The first-order chi connectivity index (χ1) is 5.95. The van der Waals surface area contributed by atoms with Gasteiger partial charge in [0.25, 0.3) is 0 Å². The third kappa shape index (κ3) is 3.76. The van der Waals surface area contributed by atoms with Crippen LogP contribution in [0.15, 0.2) is 0 Å². The maximum atomic E-state index is 11.3. The standard InChI is InChI=1S/C8H16O4S/c1-3-5-6-7(8(9)10)13(11,12)4-2/h7H,3-6H2,1-2H3,(H,9,10). The minimum absolute atomic E-state index is 0.103. The van der Waals surface area contributed by atoms with Crippen molar-refractivity contribution in [1.82, 2.24) is 0 Å². The van der Waals surface area contributed by atoms with Crippen molar-refractivity contribution < 1.29 is 18.3 Å². The normalized spacial score (nSPS) is 14.0. The summed E-state index contributed by atoms with van der Waals surface area (Å²) in [7, 11) is -3.43. The topological polar surface area (TPSA) is 71.4 Å². The van der Waals surface area contributed by atoms with Crippen LogP contribution in [0, 0.1) is 0 Å². The van der Waals surface area contributed by atoms with E-state index in [4.69, 9.17) is 5.11 Å². The second-order valence-electron chi connectivity index (χ2n) is 2.92. The molecule has 0 amide bonds. The van der Waals surface area contributed by atoms with Crippen molar-refractivity contribution in [2.75, 3.05) is 5.75 Å². The van der Waals surface area contributed by atoms with Gasteiger partial charge in [0, 0.05) is 5.75 Å². The Morgan fingerprint density at radius 3 is 2.23 bits per heavy atom. The fourth-order valence-electron chi connectivity index (χ4n) is 1.05. The highest BCUT2D eigenvalue weighted by molar-refractivity contribution is 7.92. The van der Waals surface area contributed by atoms with Crippen molar-refractivity contribution in [3.8, 4) is 0 Å². The van der Waals surface area contributed by atoms with Gasteiger partial charge in [-0.2, -0.15) is 0 Å². The Morgan fingerprint density at radius 1 is 1.38 bits per heavy atom. The molecule has 0 heterocycles. The Hall–Kier alpha value is -0.580. The Kier molecular flexibility index (Phi) is 4.98. The molecule has 78 valence electrons. The highest BCUT2D eigenvalue weighted by atomic mass is 32.2. The largest absolute Gasteiger partial charge is 0.480 e. The number of sulfone groups is 1. The minimum atomic E-state index is -3.43. The van der Waals surface area contributed by atoms with Gasteiger partial charge in [-0.1, -0.05) is 26.7 Å². The lowest BCUT2D eigenvalue weighted by Crippen LogP contribution is -2.31. The summed E-state index contributed by atoms with van der Waals surface area (Å²) >= 11 is 0. The molecule has 0 aliphatic heterocycles. The van der Waals surface area contributed by atoms with Gasteiger partial charge in [0.1, 0.15) is 0 Å². The number of carboxylic acid groups (broad SMARTS) is 1. The molecule has 5 heteroatoms. The average Bonchev–Trinajstić information content (AvgIpc) is 2.04. The summed E-state index contributed by atoms with van der Waals surface area (Å²) in [6.45, 7) is 3.37. The predicted molar refractivity (Wildman–Crippen MR) is 50.4 cm³/mol. The lowest BCUT2D eigenvalue weighted by Gasteiger charge is -2.10. The molecule has 13 heavy (non-hydrogen) atoms. The predicted octanol–water partition coefficient (Wildman–Crippen LogP) is 1.06. The van der Waals surface area contributed by atoms with Gasteiger partial charge in [-0.3, -0.25) is 4.79 Å². The molecule has 0 saturated carbocycles. The number of rotatable bonds is 6. The van der Waals surface area contributed by atoms with Gasteiger partial charge in [0.05, 0.1) is 0 Å². The summed E-state index contributed by atoms with van der Waals surface area (Å²) in [6, 6.07) is 0. The molecule has 1 unspecified atom stereocenters. The molecule has 0 aliphatic rings. The van der Waals surface area contributed by atoms with Gasteiger partial charge in [-0.25, -0.2) is 8.42 Å². The van der Waals surface area contributed by atoms with Crippen molar-refractivity contribution in [3.05, 3.63) is 0 Å². The maximum Gasteiger partial charge on any atom is 0.321 e. The van der Waals surface area contributed by atoms with E-state index in [9.17, 15) is 13.2 Å². The van der Waals surface area contributed by atoms with Crippen LogP contribution in [0.2, 0.25) is 0 Å². The Balaban J connectivity index is 4.52. The van der Waals surface area contributed by atoms with Gasteiger partial charge < -0.3 is 5.11 Å². The number of hydrogen-bond acceptors (Lipinski definition) is 3. The molecule has 0 aromatic heterocycles. The van der Waals surface area contributed by atoms with E-state index >= 15 is 0 Å². The molecule has 1 N–H and O–H groups in total. The quantitative estimate of drug-likeness (QED) is 0.708. The monoisotopic (exact) mass is 208 g/mol. The van der Waals surface area contributed by atoms with Crippen molar-refractivity contribution in [1.29, 1.82) is 0 Å². The molecule has 0 rings (SSSR count). The summed E-state index contributed by atoms with van der Waals surface area (Å²) in [5.74, 6) is -1.33. The minimum Gasteiger partial charge on any atom is -0.480 e. The fourth-order valence-corrected chi connectivity index (χ4v) is 2.28. The van der Waals surface area contributed by atoms with Crippen LogP contribution in [0.1, 0.15) is 33.1 Å².